The molecule has 2 aromatic heterocycles. The normalized spacial score (nSPS) is 10.9. The maximum atomic E-state index is 14.4. The van der Waals surface area contributed by atoms with E-state index in [1.54, 1.807) is 18.5 Å². The summed E-state index contributed by atoms with van der Waals surface area (Å²) in [6.45, 7) is 0. The lowest BCUT2D eigenvalue weighted by Crippen LogP contribution is -2.10. The Hall–Kier alpha value is -2.98. The van der Waals surface area contributed by atoms with Crippen molar-refractivity contribution < 1.29 is 4.39 Å². The summed E-state index contributed by atoms with van der Waals surface area (Å²) in [5, 5.41) is 1.46. The standard InChI is InChI=1S/C21H15ClFN3/c1-26(15-8-10-24-11-9-15)21-13-20(17-12-14(22)6-7-18(17)23)25-19-5-3-2-4-16(19)21/h2-13H,1H3. The summed E-state index contributed by atoms with van der Waals surface area (Å²) in [5.41, 5.74) is 3.62. The van der Waals surface area contributed by atoms with Crippen LogP contribution in [0.5, 0.6) is 0 Å². The molecule has 0 saturated heterocycles. The molecule has 2 aromatic carbocycles. The largest absolute Gasteiger partial charge is 0.344 e. The second-order valence-corrected chi connectivity index (χ2v) is 6.37. The number of para-hydroxylation sites is 1. The van der Waals surface area contributed by atoms with Crippen LogP contribution in [-0.2, 0) is 0 Å². The topological polar surface area (TPSA) is 29.0 Å². The molecular weight excluding hydrogens is 349 g/mol. The van der Waals surface area contributed by atoms with Crippen molar-refractivity contribution >= 4 is 33.9 Å². The van der Waals surface area contributed by atoms with Crippen molar-refractivity contribution in [2.24, 2.45) is 0 Å². The minimum absolute atomic E-state index is 0.352. The Labute approximate surface area is 155 Å². The van der Waals surface area contributed by atoms with Crippen molar-refractivity contribution in [1.29, 1.82) is 0 Å². The monoisotopic (exact) mass is 363 g/mol. The van der Waals surface area contributed by atoms with Crippen molar-refractivity contribution in [2.75, 3.05) is 11.9 Å². The first-order valence-corrected chi connectivity index (χ1v) is 8.50. The summed E-state index contributed by atoms with van der Waals surface area (Å²) >= 11 is 6.07. The highest BCUT2D eigenvalue weighted by Crippen LogP contribution is 2.35. The predicted molar refractivity (Wildman–Crippen MR) is 104 cm³/mol. The third-order valence-electron chi connectivity index (χ3n) is 4.31. The molecule has 4 rings (SSSR count). The number of hydrogen-bond acceptors (Lipinski definition) is 3. The van der Waals surface area contributed by atoms with E-state index in [1.807, 2.05) is 54.4 Å². The van der Waals surface area contributed by atoms with E-state index in [2.05, 4.69) is 9.97 Å². The first-order valence-electron chi connectivity index (χ1n) is 8.12. The average molecular weight is 364 g/mol. The molecule has 5 heteroatoms. The van der Waals surface area contributed by atoms with Gasteiger partial charge in [0.25, 0.3) is 0 Å². The fourth-order valence-electron chi connectivity index (χ4n) is 2.97. The molecule has 0 saturated carbocycles. The van der Waals surface area contributed by atoms with Crippen LogP contribution < -0.4 is 4.90 Å². The molecule has 2 heterocycles. The SMILES string of the molecule is CN(c1ccncc1)c1cc(-c2cc(Cl)ccc2F)nc2ccccc12. The molecule has 0 amide bonds. The number of benzene rings is 2. The van der Waals surface area contributed by atoms with E-state index in [0.717, 1.165) is 22.3 Å². The zero-order chi connectivity index (χ0) is 18.1. The van der Waals surface area contributed by atoms with E-state index in [0.29, 0.717) is 16.3 Å². The van der Waals surface area contributed by atoms with E-state index >= 15 is 0 Å². The fourth-order valence-corrected chi connectivity index (χ4v) is 3.15. The summed E-state index contributed by atoms with van der Waals surface area (Å²) in [6, 6.07) is 18.0. The molecular formula is C21H15ClFN3. The molecule has 0 N–H and O–H groups in total. The number of hydrogen-bond donors (Lipinski definition) is 0. The second kappa shape index (κ2) is 6.73. The van der Waals surface area contributed by atoms with Crippen LogP contribution in [0, 0.1) is 5.82 Å². The molecule has 0 aliphatic carbocycles. The van der Waals surface area contributed by atoms with Crippen LogP contribution in [0.3, 0.4) is 0 Å². The quantitative estimate of drug-likeness (QED) is 0.456. The molecule has 128 valence electrons. The third kappa shape index (κ3) is 3.00. The van der Waals surface area contributed by atoms with Gasteiger partial charge in [-0.05, 0) is 42.5 Å². The molecule has 0 atom stereocenters. The van der Waals surface area contributed by atoms with E-state index in [1.165, 1.54) is 12.1 Å². The van der Waals surface area contributed by atoms with Crippen LogP contribution in [0.1, 0.15) is 0 Å². The first-order chi connectivity index (χ1) is 12.6. The van der Waals surface area contributed by atoms with Gasteiger partial charge in [0.15, 0.2) is 0 Å². The Morgan fingerprint density at radius 3 is 2.54 bits per heavy atom. The van der Waals surface area contributed by atoms with Gasteiger partial charge in [0.2, 0.25) is 0 Å². The van der Waals surface area contributed by atoms with Gasteiger partial charge in [-0.25, -0.2) is 9.37 Å². The molecule has 0 unspecified atom stereocenters. The Morgan fingerprint density at radius 2 is 1.73 bits per heavy atom. The lowest BCUT2D eigenvalue weighted by atomic mass is 10.1. The van der Waals surface area contributed by atoms with Gasteiger partial charge in [0, 0.05) is 41.1 Å². The Bertz CT molecular complexity index is 1080. The number of halogens is 2. The lowest BCUT2D eigenvalue weighted by molar-refractivity contribution is 0.631. The number of pyridine rings is 2. The summed E-state index contributed by atoms with van der Waals surface area (Å²) in [4.78, 5) is 10.8. The highest BCUT2D eigenvalue weighted by molar-refractivity contribution is 6.30. The van der Waals surface area contributed by atoms with Crippen LogP contribution in [0.25, 0.3) is 22.2 Å². The summed E-state index contributed by atoms with van der Waals surface area (Å²) in [7, 11) is 1.97. The van der Waals surface area contributed by atoms with Crippen LogP contribution in [0.15, 0.2) is 73.1 Å². The minimum Gasteiger partial charge on any atom is -0.344 e. The molecule has 0 bridgehead atoms. The highest BCUT2D eigenvalue weighted by Gasteiger charge is 2.14. The lowest BCUT2D eigenvalue weighted by Gasteiger charge is -2.22. The van der Waals surface area contributed by atoms with Crippen LogP contribution in [-0.4, -0.2) is 17.0 Å². The first kappa shape index (κ1) is 16.5. The molecule has 0 aliphatic rings. The van der Waals surface area contributed by atoms with Crippen molar-refractivity contribution in [1.82, 2.24) is 9.97 Å². The number of anilines is 2. The number of fused-ring (bicyclic) bond motifs is 1. The van der Waals surface area contributed by atoms with Gasteiger partial charge in [-0.2, -0.15) is 0 Å². The summed E-state index contributed by atoms with van der Waals surface area (Å²) in [5.74, 6) is -0.352. The van der Waals surface area contributed by atoms with Gasteiger partial charge in [0.05, 0.1) is 16.9 Å². The van der Waals surface area contributed by atoms with Crippen LogP contribution >= 0.6 is 11.6 Å². The Balaban J connectivity index is 1.96. The Morgan fingerprint density at radius 1 is 0.962 bits per heavy atom. The maximum absolute atomic E-state index is 14.4. The third-order valence-corrected chi connectivity index (χ3v) is 4.55. The zero-order valence-electron chi connectivity index (χ0n) is 14.0. The van der Waals surface area contributed by atoms with Crippen molar-refractivity contribution in [2.45, 2.75) is 0 Å². The van der Waals surface area contributed by atoms with Gasteiger partial charge in [0.1, 0.15) is 5.82 Å². The maximum Gasteiger partial charge on any atom is 0.132 e. The van der Waals surface area contributed by atoms with Gasteiger partial charge < -0.3 is 4.90 Å². The van der Waals surface area contributed by atoms with Crippen LogP contribution in [0.4, 0.5) is 15.8 Å². The van der Waals surface area contributed by atoms with Gasteiger partial charge in [-0.3, -0.25) is 4.98 Å². The van der Waals surface area contributed by atoms with Gasteiger partial charge in [-0.15, -0.1) is 0 Å². The smallest absolute Gasteiger partial charge is 0.132 e. The molecule has 0 radical (unpaired) electrons. The molecule has 0 aliphatic heterocycles. The molecule has 0 fully saturated rings. The molecule has 3 nitrogen and oxygen atoms in total. The average Bonchev–Trinajstić information content (AvgIpc) is 2.69. The number of aromatic nitrogens is 2. The van der Waals surface area contributed by atoms with Crippen molar-refractivity contribution in [3.63, 3.8) is 0 Å². The zero-order valence-corrected chi connectivity index (χ0v) is 14.8. The van der Waals surface area contributed by atoms with Crippen molar-refractivity contribution in [3.8, 4) is 11.3 Å². The summed E-state index contributed by atoms with van der Waals surface area (Å²) in [6.07, 6.45) is 3.49. The van der Waals surface area contributed by atoms with E-state index in [-0.39, 0.29) is 5.82 Å². The van der Waals surface area contributed by atoms with E-state index in [9.17, 15) is 4.39 Å². The van der Waals surface area contributed by atoms with E-state index in [4.69, 9.17) is 11.6 Å². The fraction of sp³-hybridized carbons (Fsp3) is 0.0476. The van der Waals surface area contributed by atoms with Gasteiger partial charge in [-0.1, -0.05) is 29.8 Å². The number of nitrogens with zero attached hydrogens (tertiary/aromatic N) is 3. The van der Waals surface area contributed by atoms with Crippen molar-refractivity contribution in [3.05, 3.63) is 83.9 Å². The predicted octanol–water partition coefficient (Wildman–Crippen LogP) is 5.86. The second-order valence-electron chi connectivity index (χ2n) is 5.93. The number of rotatable bonds is 3. The van der Waals surface area contributed by atoms with Crippen LogP contribution in [0.2, 0.25) is 5.02 Å². The summed E-state index contributed by atoms with van der Waals surface area (Å²) < 4.78 is 14.4. The highest BCUT2D eigenvalue weighted by atomic mass is 35.5. The molecule has 4 aromatic rings. The Kier molecular flexibility index (Phi) is 4.27. The molecule has 0 spiro atoms. The van der Waals surface area contributed by atoms with Gasteiger partial charge >= 0.3 is 0 Å². The molecule has 26 heavy (non-hydrogen) atoms. The minimum atomic E-state index is -0.352. The van der Waals surface area contributed by atoms with E-state index < -0.39 is 0 Å².